The summed E-state index contributed by atoms with van der Waals surface area (Å²) in [7, 11) is 0. The van der Waals surface area contributed by atoms with Gasteiger partial charge < -0.3 is 20.2 Å². The molecular weight excluding hydrogens is 509 g/mol. The third-order valence-electron chi connectivity index (χ3n) is 7.31. The Morgan fingerprint density at radius 1 is 0.921 bits per heavy atom. The zero-order valence-electron chi connectivity index (χ0n) is 20.8. The van der Waals surface area contributed by atoms with Crippen LogP contribution in [0.5, 0.6) is 0 Å². The van der Waals surface area contributed by atoms with Crippen LogP contribution in [0.15, 0.2) is 54.7 Å². The van der Waals surface area contributed by atoms with Crippen molar-refractivity contribution in [2.45, 2.75) is 31.7 Å². The van der Waals surface area contributed by atoms with Crippen LogP contribution >= 0.6 is 11.6 Å². The Labute approximate surface area is 225 Å². The molecule has 2 aromatic carbocycles. The first-order chi connectivity index (χ1) is 18.4. The topological polar surface area (TPSA) is 98.7 Å². The van der Waals surface area contributed by atoms with E-state index in [4.69, 9.17) is 16.7 Å². The monoisotopic (exact) mass is 537 g/mol. The Hall–Kier alpha value is -3.72. The lowest BCUT2D eigenvalue weighted by molar-refractivity contribution is -0.138. The highest BCUT2D eigenvalue weighted by Crippen LogP contribution is 2.31. The van der Waals surface area contributed by atoms with Gasteiger partial charge in [-0.2, -0.15) is 0 Å². The lowest BCUT2D eigenvalue weighted by atomic mass is 9.94. The maximum atomic E-state index is 13.3. The van der Waals surface area contributed by atoms with Gasteiger partial charge in [-0.3, -0.25) is 4.79 Å². The van der Waals surface area contributed by atoms with Gasteiger partial charge in [-0.05, 0) is 55.0 Å². The standard InChI is InChI=1S/C28H29ClFN5O3/c29-24-17-31-27(33-25(24)21-3-1-2-20(16-21)18-4-6-22(30)7-5-18)32-23-10-14-34(15-11-23)26(36)19-8-12-35(13-9-19)28(37)38/h1-7,16-17,19,23H,8-15H2,(H,37,38)(H,31,32,33). The van der Waals surface area contributed by atoms with Gasteiger partial charge in [-0.1, -0.05) is 41.9 Å². The summed E-state index contributed by atoms with van der Waals surface area (Å²) in [6.45, 7) is 2.09. The van der Waals surface area contributed by atoms with E-state index in [9.17, 15) is 14.0 Å². The quantitative estimate of drug-likeness (QED) is 0.452. The van der Waals surface area contributed by atoms with Crippen LogP contribution in [0, 0.1) is 11.7 Å². The Morgan fingerprint density at radius 3 is 2.26 bits per heavy atom. The number of hydrogen-bond donors (Lipinski definition) is 2. The number of carbonyl (C=O) groups excluding carboxylic acids is 1. The molecule has 2 saturated heterocycles. The van der Waals surface area contributed by atoms with Gasteiger partial charge in [0.25, 0.3) is 0 Å². The largest absolute Gasteiger partial charge is 0.465 e. The van der Waals surface area contributed by atoms with Crippen molar-refractivity contribution in [2.75, 3.05) is 31.5 Å². The number of rotatable bonds is 5. The summed E-state index contributed by atoms with van der Waals surface area (Å²) >= 11 is 6.46. The molecule has 2 aliphatic heterocycles. The van der Waals surface area contributed by atoms with Crippen LogP contribution < -0.4 is 5.32 Å². The predicted molar refractivity (Wildman–Crippen MR) is 143 cm³/mol. The number of carboxylic acid groups (broad SMARTS) is 1. The molecule has 1 aromatic heterocycles. The van der Waals surface area contributed by atoms with Gasteiger partial charge in [0.15, 0.2) is 0 Å². The number of piperidine rings is 2. The fraction of sp³-hybridized carbons (Fsp3) is 0.357. The van der Waals surface area contributed by atoms with Crippen molar-refractivity contribution in [1.29, 1.82) is 0 Å². The van der Waals surface area contributed by atoms with E-state index in [-0.39, 0.29) is 23.7 Å². The molecule has 0 aliphatic carbocycles. The molecule has 38 heavy (non-hydrogen) atoms. The Bertz CT molecular complexity index is 1310. The minimum absolute atomic E-state index is 0.108. The second kappa shape index (κ2) is 11.3. The average molecular weight is 538 g/mol. The van der Waals surface area contributed by atoms with Crippen LogP contribution in [0.25, 0.3) is 22.4 Å². The van der Waals surface area contributed by atoms with Crippen molar-refractivity contribution in [3.63, 3.8) is 0 Å². The Morgan fingerprint density at radius 2 is 1.58 bits per heavy atom. The van der Waals surface area contributed by atoms with E-state index in [0.717, 1.165) is 29.5 Å². The smallest absolute Gasteiger partial charge is 0.407 e. The molecule has 3 heterocycles. The van der Waals surface area contributed by atoms with Crippen molar-refractivity contribution < 1.29 is 19.1 Å². The van der Waals surface area contributed by atoms with E-state index in [1.165, 1.54) is 17.0 Å². The highest BCUT2D eigenvalue weighted by Gasteiger charge is 2.32. The molecular formula is C28H29ClFN5O3. The molecule has 0 spiro atoms. The minimum atomic E-state index is -0.920. The molecule has 0 radical (unpaired) electrons. The molecule has 10 heteroatoms. The Kier molecular flexibility index (Phi) is 7.74. The summed E-state index contributed by atoms with van der Waals surface area (Å²) < 4.78 is 13.3. The second-order valence-electron chi connectivity index (χ2n) is 9.77. The molecule has 2 amide bonds. The number of aromatic nitrogens is 2. The van der Waals surface area contributed by atoms with Gasteiger partial charge in [0.2, 0.25) is 11.9 Å². The molecule has 0 bridgehead atoms. The van der Waals surface area contributed by atoms with Crippen LogP contribution in [0.4, 0.5) is 15.1 Å². The SMILES string of the molecule is O=C(O)N1CCC(C(=O)N2CCC(Nc3ncc(Cl)c(-c4cccc(-c5ccc(F)cc5)c4)n3)CC2)CC1. The number of benzene rings is 2. The van der Waals surface area contributed by atoms with E-state index in [2.05, 4.69) is 15.3 Å². The summed E-state index contributed by atoms with van der Waals surface area (Å²) in [5, 5.41) is 12.9. The highest BCUT2D eigenvalue weighted by atomic mass is 35.5. The average Bonchev–Trinajstić information content (AvgIpc) is 2.94. The minimum Gasteiger partial charge on any atom is -0.465 e. The van der Waals surface area contributed by atoms with E-state index in [0.29, 0.717) is 55.7 Å². The van der Waals surface area contributed by atoms with Crippen LogP contribution in [0.3, 0.4) is 0 Å². The molecule has 198 valence electrons. The van der Waals surface area contributed by atoms with Crippen molar-refractivity contribution in [2.24, 2.45) is 5.92 Å². The van der Waals surface area contributed by atoms with E-state index in [1.807, 2.05) is 29.2 Å². The van der Waals surface area contributed by atoms with Crippen LogP contribution in [0.1, 0.15) is 25.7 Å². The highest BCUT2D eigenvalue weighted by molar-refractivity contribution is 6.32. The third kappa shape index (κ3) is 5.88. The first-order valence-electron chi connectivity index (χ1n) is 12.8. The number of likely N-dealkylation sites (tertiary alicyclic amines) is 2. The molecule has 0 atom stereocenters. The van der Waals surface area contributed by atoms with Crippen molar-refractivity contribution in [1.82, 2.24) is 19.8 Å². The maximum Gasteiger partial charge on any atom is 0.407 e. The Balaban J connectivity index is 1.20. The van der Waals surface area contributed by atoms with E-state index in [1.54, 1.807) is 18.3 Å². The lowest BCUT2D eigenvalue weighted by Gasteiger charge is -2.36. The summed E-state index contributed by atoms with van der Waals surface area (Å²) in [5.74, 6) is 0.209. The maximum absolute atomic E-state index is 13.3. The molecule has 2 fully saturated rings. The summed E-state index contributed by atoms with van der Waals surface area (Å²) in [6, 6.07) is 14.2. The number of hydrogen-bond acceptors (Lipinski definition) is 5. The number of nitrogens with one attached hydrogen (secondary N) is 1. The van der Waals surface area contributed by atoms with Crippen molar-refractivity contribution >= 4 is 29.5 Å². The van der Waals surface area contributed by atoms with Gasteiger partial charge in [0.1, 0.15) is 5.82 Å². The van der Waals surface area contributed by atoms with Gasteiger partial charge in [0, 0.05) is 43.7 Å². The number of nitrogens with zero attached hydrogens (tertiary/aromatic N) is 4. The van der Waals surface area contributed by atoms with Crippen molar-refractivity contribution in [3.05, 3.63) is 65.6 Å². The molecule has 8 nitrogen and oxygen atoms in total. The molecule has 0 unspecified atom stereocenters. The zero-order valence-corrected chi connectivity index (χ0v) is 21.6. The van der Waals surface area contributed by atoms with Gasteiger partial charge in [-0.25, -0.2) is 19.2 Å². The molecule has 5 rings (SSSR count). The van der Waals surface area contributed by atoms with Gasteiger partial charge in [-0.15, -0.1) is 0 Å². The van der Waals surface area contributed by atoms with E-state index >= 15 is 0 Å². The first kappa shape index (κ1) is 25.9. The molecule has 3 aromatic rings. The summed E-state index contributed by atoms with van der Waals surface area (Å²) in [4.78, 5) is 36.4. The summed E-state index contributed by atoms with van der Waals surface area (Å²) in [6.07, 6.45) is 3.34. The molecule has 2 N–H and O–H groups in total. The fourth-order valence-electron chi connectivity index (χ4n) is 5.13. The van der Waals surface area contributed by atoms with Crippen LogP contribution in [-0.4, -0.2) is 69.1 Å². The normalized spacial score (nSPS) is 16.9. The number of halogens is 2. The van der Waals surface area contributed by atoms with Crippen molar-refractivity contribution in [3.8, 4) is 22.4 Å². The van der Waals surface area contributed by atoms with E-state index < -0.39 is 6.09 Å². The number of amides is 2. The molecule has 2 aliphatic rings. The first-order valence-corrected chi connectivity index (χ1v) is 13.2. The zero-order chi connectivity index (χ0) is 26.6. The summed E-state index contributed by atoms with van der Waals surface area (Å²) in [5.41, 5.74) is 3.26. The number of anilines is 1. The lowest BCUT2D eigenvalue weighted by Crippen LogP contribution is -2.48. The molecule has 0 saturated carbocycles. The van der Waals surface area contributed by atoms with Gasteiger partial charge >= 0.3 is 6.09 Å². The number of carbonyl (C=O) groups is 2. The second-order valence-corrected chi connectivity index (χ2v) is 10.2. The van der Waals surface area contributed by atoms with Crippen LogP contribution in [-0.2, 0) is 4.79 Å². The predicted octanol–water partition coefficient (Wildman–Crippen LogP) is 5.40. The third-order valence-corrected chi connectivity index (χ3v) is 7.59. The van der Waals surface area contributed by atoms with Gasteiger partial charge in [0.05, 0.1) is 16.9 Å². The fourth-order valence-corrected chi connectivity index (χ4v) is 5.33. The van der Waals surface area contributed by atoms with Crippen LogP contribution in [0.2, 0.25) is 5.02 Å².